The molecule has 0 aliphatic carbocycles. The highest BCUT2D eigenvalue weighted by Crippen LogP contribution is 2.16. The van der Waals surface area contributed by atoms with Crippen LogP contribution in [0.3, 0.4) is 0 Å². The zero-order chi connectivity index (χ0) is 15.9. The van der Waals surface area contributed by atoms with Gasteiger partial charge < -0.3 is 14.8 Å². The molecule has 1 amide bonds. The number of esters is 1. The van der Waals surface area contributed by atoms with E-state index in [4.69, 9.17) is 4.74 Å². The van der Waals surface area contributed by atoms with E-state index in [-0.39, 0.29) is 19.0 Å². The number of aryl methyl sites for hydroxylation is 1. The number of methoxy groups -OCH3 is 1. The molecule has 0 fully saturated rings. The van der Waals surface area contributed by atoms with Crippen molar-refractivity contribution in [1.82, 2.24) is 15.1 Å². The summed E-state index contributed by atoms with van der Waals surface area (Å²) in [5.74, 6) is -0.203. The van der Waals surface area contributed by atoms with E-state index >= 15 is 0 Å². The lowest BCUT2D eigenvalue weighted by atomic mass is 10.2. The first kappa shape index (κ1) is 15.6. The molecule has 0 bridgehead atoms. The first-order valence-corrected chi connectivity index (χ1v) is 6.67. The number of ether oxygens (including phenoxy) is 2. The number of para-hydroxylation sites is 1. The van der Waals surface area contributed by atoms with Gasteiger partial charge >= 0.3 is 5.97 Å². The highest BCUT2D eigenvalue weighted by atomic mass is 16.5. The molecule has 2 aromatic rings. The van der Waals surface area contributed by atoms with Crippen LogP contribution in [0.2, 0.25) is 0 Å². The molecule has 22 heavy (non-hydrogen) atoms. The van der Waals surface area contributed by atoms with Gasteiger partial charge in [-0.1, -0.05) is 18.2 Å². The molecular formula is C15H17N3O4. The predicted octanol–water partition coefficient (Wildman–Crippen LogP) is 1.13. The molecule has 0 radical (unpaired) electrons. The van der Waals surface area contributed by atoms with Crippen LogP contribution in [0.5, 0.6) is 5.75 Å². The van der Waals surface area contributed by atoms with Crippen LogP contribution in [-0.4, -0.2) is 35.3 Å². The Hall–Kier alpha value is -2.83. The molecule has 0 aliphatic heterocycles. The molecule has 1 N–H and O–H groups in total. The van der Waals surface area contributed by atoms with Gasteiger partial charge in [0.2, 0.25) is 0 Å². The van der Waals surface area contributed by atoms with Gasteiger partial charge in [-0.3, -0.25) is 9.59 Å². The normalized spacial score (nSPS) is 10.1. The first-order valence-electron chi connectivity index (χ1n) is 6.67. The third-order valence-electron chi connectivity index (χ3n) is 2.94. The van der Waals surface area contributed by atoms with Gasteiger partial charge in [0.1, 0.15) is 18.0 Å². The summed E-state index contributed by atoms with van der Waals surface area (Å²) >= 11 is 0. The highest BCUT2D eigenvalue weighted by Gasteiger charge is 2.11. The van der Waals surface area contributed by atoms with Crippen LogP contribution in [0.25, 0.3) is 0 Å². The molecule has 0 saturated heterocycles. The predicted molar refractivity (Wildman–Crippen MR) is 78.4 cm³/mol. The second-order valence-electron chi connectivity index (χ2n) is 4.54. The number of rotatable bonds is 6. The van der Waals surface area contributed by atoms with Crippen molar-refractivity contribution in [3.8, 4) is 5.75 Å². The van der Waals surface area contributed by atoms with Crippen molar-refractivity contribution in [2.24, 2.45) is 0 Å². The fourth-order valence-corrected chi connectivity index (χ4v) is 1.72. The van der Waals surface area contributed by atoms with E-state index in [0.717, 1.165) is 11.3 Å². The quantitative estimate of drug-likeness (QED) is 0.809. The number of aromatic nitrogens is 2. The summed E-state index contributed by atoms with van der Waals surface area (Å²) in [4.78, 5) is 22.7. The average Bonchev–Trinajstić information content (AvgIpc) is 3.00. The number of amides is 1. The third kappa shape index (κ3) is 4.08. The molecule has 2 rings (SSSR count). The standard InChI is InChI=1S/C15H17N3O4/c1-11-5-3-4-6-13(11)22-10-18-8-7-12(17-18)15(20)16-9-14(19)21-2/h3-8H,9-10H2,1-2H3,(H,16,20). The van der Waals surface area contributed by atoms with Crippen LogP contribution in [0.4, 0.5) is 0 Å². The summed E-state index contributed by atoms with van der Waals surface area (Å²) in [6.45, 7) is 1.95. The maximum absolute atomic E-state index is 11.8. The molecule has 0 unspecified atom stereocenters. The summed E-state index contributed by atoms with van der Waals surface area (Å²) in [5.41, 5.74) is 1.22. The van der Waals surface area contributed by atoms with Gasteiger partial charge in [0.15, 0.2) is 6.73 Å². The highest BCUT2D eigenvalue weighted by molar-refractivity contribution is 5.94. The van der Waals surface area contributed by atoms with Gasteiger partial charge in [0, 0.05) is 6.20 Å². The Morgan fingerprint density at radius 3 is 2.77 bits per heavy atom. The monoisotopic (exact) mass is 303 g/mol. The SMILES string of the molecule is COC(=O)CNC(=O)c1ccn(COc2ccccc2C)n1. The molecule has 0 atom stereocenters. The number of nitrogens with zero attached hydrogens (tertiary/aromatic N) is 2. The van der Waals surface area contributed by atoms with Crippen molar-refractivity contribution < 1.29 is 19.1 Å². The van der Waals surface area contributed by atoms with Gasteiger partial charge in [-0.05, 0) is 24.6 Å². The molecule has 0 aliphatic rings. The minimum atomic E-state index is -0.518. The van der Waals surface area contributed by atoms with Crippen molar-refractivity contribution in [2.75, 3.05) is 13.7 Å². The molecule has 0 saturated carbocycles. The summed E-state index contributed by atoms with van der Waals surface area (Å²) in [5, 5.41) is 6.50. The van der Waals surface area contributed by atoms with E-state index in [1.165, 1.54) is 11.8 Å². The van der Waals surface area contributed by atoms with Crippen LogP contribution in [-0.2, 0) is 16.3 Å². The Labute approximate surface area is 127 Å². The number of hydrogen-bond donors (Lipinski definition) is 1. The third-order valence-corrected chi connectivity index (χ3v) is 2.94. The second-order valence-corrected chi connectivity index (χ2v) is 4.54. The minimum Gasteiger partial charge on any atom is -0.471 e. The fraction of sp³-hybridized carbons (Fsp3) is 0.267. The van der Waals surface area contributed by atoms with Crippen molar-refractivity contribution in [3.05, 3.63) is 47.8 Å². The second kappa shape index (κ2) is 7.26. The zero-order valence-corrected chi connectivity index (χ0v) is 12.4. The minimum absolute atomic E-state index is 0.190. The number of carbonyl (C=O) groups excluding carboxylic acids is 2. The molecule has 116 valence electrons. The number of carbonyl (C=O) groups is 2. The molecule has 1 aromatic carbocycles. The van der Waals surface area contributed by atoms with Crippen LogP contribution >= 0.6 is 0 Å². The summed E-state index contributed by atoms with van der Waals surface area (Å²) in [6.07, 6.45) is 1.63. The van der Waals surface area contributed by atoms with Crippen LogP contribution in [0.1, 0.15) is 16.1 Å². The topological polar surface area (TPSA) is 82.5 Å². The number of hydrogen-bond acceptors (Lipinski definition) is 5. The van der Waals surface area contributed by atoms with Crippen LogP contribution in [0, 0.1) is 6.92 Å². The lowest BCUT2D eigenvalue weighted by Crippen LogP contribution is -2.30. The molecule has 0 spiro atoms. The van der Waals surface area contributed by atoms with E-state index in [1.54, 1.807) is 12.3 Å². The van der Waals surface area contributed by atoms with E-state index in [0.29, 0.717) is 0 Å². The van der Waals surface area contributed by atoms with Gasteiger partial charge in [0.05, 0.1) is 7.11 Å². The molecule has 7 nitrogen and oxygen atoms in total. The van der Waals surface area contributed by atoms with Gasteiger partial charge in [-0.25, -0.2) is 4.68 Å². The summed E-state index contributed by atoms with van der Waals surface area (Å²) in [7, 11) is 1.26. The lowest BCUT2D eigenvalue weighted by Gasteiger charge is -2.08. The van der Waals surface area contributed by atoms with Crippen molar-refractivity contribution in [1.29, 1.82) is 0 Å². The first-order chi connectivity index (χ1) is 10.6. The molecule has 1 aromatic heterocycles. The Balaban J connectivity index is 1.90. The summed E-state index contributed by atoms with van der Waals surface area (Å²) < 4.78 is 11.6. The average molecular weight is 303 g/mol. The van der Waals surface area contributed by atoms with Crippen molar-refractivity contribution >= 4 is 11.9 Å². The van der Waals surface area contributed by atoms with Gasteiger partial charge in [-0.2, -0.15) is 5.10 Å². The Kier molecular flexibility index (Phi) is 5.13. The van der Waals surface area contributed by atoms with E-state index in [9.17, 15) is 9.59 Å². The van der Waals surface area contributed by atoms with Crippen LogP contribution in [0.15, 0.2) is 36.5 Å². The number of benzene rings is 1. The lowest BCUT2D eigenvalue weighted by molar-refractivity contribution is -0.139. The Bertz CT molecular complexity index is 666. The fourth-order valence-electron chi connectivity index (χ4n) is 1.72. The van der Waals surface area contributed by atoms with Crippen LogP contribution < -0.4 is 10.1 Å². The van der Waals surface area contributed by atoms with E-state index in [2.05, 4.69) is 15.2 Å². The van der Waals surface area contributed by atoms with E-state index in [1.807, 2.05) is 31.2 Å². The van der Waals surface area contributed by atoms with Gasteiger partial charge in [-0.15, -0.1) is 0 Å². The largest absolute Gasteiger partial charge is 0.471 e. The smallest absolute Gasteiger partial charge is 0.325 e. The summed E-state index contributed by atoms with van der Waals surface area (Å²) in [6, 6.07) is 9.18. The molecular weight excluding hydrogens is 286 g/mol. The maximum atomic E-state index is 11.8. The van der Waals surface area contributed by atoms with E-state index < -0.39 is 11.9 Å². The molecule has 1 heterocycles. The van der Waals surface area contributed by atoms with Gasteiger partial charge in [0.25, 0.3) is 5.91 Å². The maximum Gasteiger partial charge on any atom is 0.325 e. The zero-order valence-electron chi connectivity index (χ0n) is 12.4. The van der Waals surface area contributed by atoms with Crippen molar-refractivity contribution in [3.63, 3.8) is 0 Å². The molecule has 7 heteroatoms. The van der Waals surface area contributed by atoms with Crippen molar-refractivity contribution in [2.45, 2.75) is 13.7 Å². The number of nitrogens with one attached hydrogen (secondary N) is 1. The Morgan fingerprint density at radius 2 is 2.05 bits per heavy atom. The Morgan fingerprint density at radius 1 is 1.27 bits per heavy atom.